The third-order valence-electron chi connectivity index (χ3n) is 5.19. The number of β-amino-alcohol motifs (C(OH)–C–C–N with tert-alkyl or cyclic N) is 1. The minimum atomic E-state index is -1.03. The molecule has 25 heavy (non-hydrogen) atoms. The van der Waals surface area contributed by atoms with E-state index in [0.29, 0.717) is 37.2 Å². The number of hydrogen-bond donors (Lipinski definition) is 2. The molecule has 2 N–H and O–H groups in total. The highest BCUT2D eigenvalue weighted by atomic mass is 16.5. The average Bonchev–Trinajstić information content (AvgIpc) is 3.13. The van der Waals surface area contributed by atoms with Crippen molar-refractivity contribution in [3.8, 4) is 5.88 Å². The zero-order valence-electron chi connectivity index (χ0n) is 14.9. The first-order chi connectivity index (χ1) is 12.1. The molecule has 1 saturated heterocycles. The molecule has 2 heterocycles. The van der Waals surface area contributed by atoms with E-state index in [-0.39, 0.29) is 12.3 Å². The second kappa shape index (κ2) is 7.99. The van der Waals surface area contributed by atoms with Crippen molar-refractivity contribution in [1.29, 1.82) is 0 Å². The van der Waals surface area contributed by atoms with Crippen LogP contribution < -0.4 is 15.0 Å². The zero-order chi connectivity index (χ0) is 17.7. The van der Waals surface area contributed by atoms with E-state index in [0.717, 1.165) is 13.0 Å². The smallest absolute Gasteiger partial charge is 0.234 e. The molecule has 0 radical (unpaired) electrons. The molecule has 138 valence electrons. The van der Waals surface area contributed by atoms with Gasteiger partial charge in [0.2, 0.25) is 11.8 Å². The van der Waals surface area contributed by atoms with E-state index in [1.54, 1.807) is 19.4 Å². The predicted molar refractivity (Wildman–Crippen MR) is 94.6 cm³/mol. The highest BCUT2D eigenvalue weighted by molar-refractivity contribution is 5.76. The largest absolute Gasteiger partial charge is 0.476 e. The van der Waals surface area contributed by atoms with Crippen molar-refractivity contribution >= 4 is 11.7 Å². The van der Waals surface area contributed by atoms with E-state index in [1.165, 1.54) is 25.7 Å². The second-order valence-electron chi connectivity index (χ2n) is 7.28. The lowest BCUT2D eigenvalue weighted by atomic mass is 9.89. The van der Waals surface area contributed by atoms with Crippen LogP contribution in [0.1, 0.15) is 44.9 Å². The SMILES string of the molecule is CNC(=O)CC1(O)CCCN(c2cncc(OCC3CCCC3)n2)C1. The Kier molecular flexibility index (Phi) is 5.73. The molecule has 1 aromatic heterocycles. The summed E-state index contributed by atoms with van der Waals surface area (Å²) >= 11 is 0. The maximum absolute atomic E-state index is 11.7. The minimum absolute atomic E-state index is 0.102. The fourth-order valence-electron chi connectivity index (χ4n) is 3.78. The second-order valence-corrected chi connectivity index (χ2v) is 7.28. The van der Waals surface area contributed by atoms with Gasteiger partial charge in [-0.3, -0.25) is 9.78 Å². The molecule has 2 aliphatic rings. The number of carbonyl (C=O) groups is 1. The first kappa shape index (κ1) is 17.9. The van der Waals surface area contributed by atoms with E-state index in [9.17, 15) is 9.90 Å². The van der Waals surface area contributed by atoms with Crippen LogP contribution in [0.15, 0.2) is 12.4 Å². The highest BCUT2D eigenvalue weighted by Gasteiger charge is 2.35. The fraction of sp³-hybridized carbons (Fsp3) is 0.722. The molecule has 2 fully saturated rings. The van der Waals surface area contributed by atoms with Crippen LogP contribution in [0.4, 0.5) is 5.82 Å². The van der Waals surface area contributed by atoms with Gasteiger partial charge in [-0.25, -0.2) is 0 Å². The van der Waals surface area contributed by atoms with Crippen molar-refractivity contribution in [2.45, 2.75) is 50.5 Å². The van der Waals surface area contributed by atoms with Crippen molar-refractivity contribution in [2.24, 2.45) is 5.92 Å². The molecule has 0 aromatic carbocycles. The molecular weight excluding hydrogens is 320 g/mol. The van der Waals surface area contributed by atoms with Gasteiger partial charge in [-0.05, 0) is 31.6 Å². The first-order valence-corrected chi connectivity index (χ1v) is 9.21. The summed E-state index contributed by atoms with van der Waals surface area (Å²) < 4.78 is 5.83. The molecule has 1 amide bonds. The van der Waals surface area contributed by atoms with E-state index in [1.807, 2.05) is 4.90 Å². The number of ether oxygens (including phenoxy) is 1. The van der Waals surface area contributed by atoms with Crippen LogP contribution in [0.3, 0.4) is 0 Å². The van der Waals surface area contributed by atoms with Crippen molar-refractivity contribution in [3.63, 3.8) is 0 Å². The lowest BCUT2D eigenvalue weighted by Gasteiger charge is -2.39. The topological polar surface area (TPSA) is 87.6 Å². The molecular formula is C18H28N4O3. The molecule has 1 atom stereocenters. The van der Waals surface area contributed by atoms with Crippen molar-refractivity contribution in [1.82, 2.24) is 15.3 Å². The van der Waals surface area contributed by atoms with Crippen LogP contribution in [-0.2, 0) is 4.79 Å². The molecule has 3 rings (SSSR count). The Bertz CT molecular complexity index is 591. The van der Waals surface area contributed by atoms with Gasteiger partial charge in [0.15, 0.2) is 5.82 Å². The molecule has 1 aliphatic carbocycles. The van der Waals surface area contributed by atoms with Gasteiger partial charge in [-0.2, -0.15) is 4.98 Å². The maximum atomic E-state index is 11.7. The van der Waals surface area contributed by atoms with E-state index >= 15 is 0 Å². The Morgan fingerprint density at radius 3 is 2.96 bits per heavy atom. The number of hydrogen-bond acceptors (Lipinski definition) is 6. The molecule has 1 unspecified atom stereocenters. The summed E-state index contributed by atoms with van der Waals surface area (Å²) in [5.74, 6) is 1.70. The van der Waals surface area contributed by atoms with Crippen LogP contribution in [0.5, 0.6) is 5.88 Å². The number of anilines is 1. The fourth-order valence-corrected chi connectivity index (χ4v) is 3.78. The Morgan fingerprint density at radius 1 is 1.40 bits per heavy atom. The van der Waals surface area contributed by atoms with Crippen LogP contribution in [0, 0.1) is 5.92 Å². The van der Waals surface area contributed by atoms with Crippen LogP contribution in [0.2, 0.25) is 0 Å². The summed E-state index contributed by atoms with van der Waals surface area (Å²) in [7, 11) is 1.59. The van der Waals surface area contributed by atoms with E-state index in [4.69, 9.17) is 4.74 Å². The lowest BCUT2D eigenvalue weighted by Crippen LogP contribution is -2.50. The predicted octanol–water partition coefficient (Wildman–Crippen LogP) is 1.51. The Hall–Kier alpha value is -1.89. The molecule has 7 heteroatoms. The van der Waals surface area contributed by atoms with Gasteiger partial charge in [-0.15, -0.1) is 0 Å². The Balaban J connectivity index is 1.62. The van der Waals surface area contributed by atoms with Crippen LogP contribution in [-0.4, -0.2) is 53.3 Å². The number of amides is 1. The lowest BCUT2D eigenvalue weighted by molar-refractivity contribution is -0.125. The Morgan fingerprint density at radius 2 is 2.20 bits per heavy atom. The first-order valence-electron chi connectivity index (χ1n) is 9.21. The quantitative estimate of drug-likeness (QED) is 0.810. The van der Waals surface area contributed by atoms with Gasteiger partial charge in [0.05, 0.1) is 31.0 Å². The summed E-state index contributed by atoms with van der Waals surface area (Å²) in [6.07, 6.45) is 9.88. The van der Waals surface area contributed by atoms with Crippen LogP contribution in [0.25, 0.3) is 0 Å². The average molecular weight is 348 g/mol. The van der Waals surface area contributed by atoms with Gasteiger partial charge >= 0.3 is 0 Å². The van der Waals surface area contributed by atoms with Crippen molar-refractivity contribution in [2.75, 3.05) is 31.6 Å². The Labute approximate surface area is 148 Å². The molecule has 1 saturated carbocycles. The molecule has 1 aliphatic heterocycles. The van der Waals surface area contributed by atoms with Gasteiger partial charge in [-0.1, -0.05) is 12.8 Å². The number of nitrogens with zero attached hydrogens (tertiary/aromatic N) is 3. The number of piperidine rings is 1. The van der Waals surface area contributed by atoms with E-state index < -0.39 is 5.60 Å². The molecule has 0 bridgehead atoms. The third-order valence-corrected chi connectivity index (χ3v) is 5.19. The molecule has 1 aromatic rings. The standard InChI is InChI=1S/C18H28N4O3/c1-19-16(23)9-18(24)7-4-8-22(13-18)15-10-20-11-17(21-15)25-12-14-5-2-3-6-14/h10-11,14,24H,2-9,12-13H2,1H3,(H,19,23). The third kappa shape index (κ3) is 4.81. The number of aliphatic hydroxyl groups is 1. The monoisotopic (exact) mass is 348 g/mol. The van der Waals surface area contributed by atoms with Gasteiger partial charge in [0.1, 0.15) is 0 Å². The normalized spacial score (nSPS) is 24.3. The van der Waals surface area contributed by atoms with Gasteiger partial charge < -0.3 is 20.1 Å². The van der Waals surface area contributed by atoms with Crippen LogP contribution >= 0.6 is 0 Å². The van der Waals surface area contributed by atoms with Crippen molar-refractivity contribution in [3.05, 3.63) is 12.4 Å². The summed E-state index contributed by atoms with van der Waals surface area (Å²) in [6, 6.07) is 0. The highest BCUT2D eigenvalue weighted by Crippen LogP contribution is 2.29. The maximum Gasteiger partial charge on any atom is 0.234 e. The van der Waals surface area contributed by atoms with E-state index in [2.05, 4.69) is 15.3 Å². The van der Waals surface area contributed by atoms with Gasteiger partial charge in [0, 0.05) is 20.1 Å². The number of rotatable bonds is 6. The summed E-state index contributed by atoms with van der Waals surface area (Å²) in [5.41, 5.74) is -1.03. The minimum Gasteiger partial charge on any atom is -0.476 e. The molecule has 0 spiro atoms. The summed E-state index contributed by atoms with van der Waals surface area (Å²) in [5, 5.41) is 13.3. The molecule has 7 nitrogen and oxygen atoms in total. The zero-order valence-corrected chi connectivity index (χ0v) is 14.9. The number of aromatic nitrogens is 2. The number of nitrogens with one attached hydrogen (secondary N) is 1. The summed E-state index contributed by atoms with van der Waals surface area (Å²) in [6.45, 7) is 1.86. The van der Waals surface area contributed by atoms with Gasteiger partial charge in [0.25, 0.3) is 0 Å². The summed E-state index contributed by atoms with van der Waals surface area (Å²) in [4.78, 5) is 22.4. The number of carbonyl (C=O) groups excluding carboxylic acids is 1. The van der Waals surface area contributed by atoms with Crippen molar-refractivity contribution < 1.29 is 14.6 Å².